The number of nitrogens with zero attached hydrogens (tertiary/aromatic N) is 1. The Morgan fingerprint density at radius 3 is 2.79 bits per heavy atom. The van der Waals surface area contributed by atoms with Gasteiger partial charge in [-0.1, -0.05) is 6.07 Å². The van der Waals surface area contributed by atoms with E-state index in [1.165, 1.54) is 7.11 Å². The third kappa shape index (κ3) is 4.71. The van der Waals surface area contributed by atoms with Gasteiger partial charge in [0.2, 0.25) is 0 Å². The molecule has 0 radical (unpaired) electrons. The number of carboxylic acids is 1. The average Bonchev–Trinajstić information content (AvgIpc) is 2.78. The lowest BCUT2D eigenvalue weighted by Gasteiger charge is -2.10. The zero-order valence-corrected chi connectivity index (χ0v) is 15.6. The number of carboxylic acid groups (broad SMARTS) is 1. The average molecular weight is 463 g/mol. The largest absolute Gasteiger partial charge is 0.481 e. The molecule has 1 aliphatic heterocycles. The highest BCUT2D eigenvalue weighted by molar-refractivity contribution is 14.1. The number of halogens is 1. The molecule has 7 nitrogen and oxygen atoms in total. The van der Waals surface area contributed by atoms with E-state index in [9.17, 15) is 14.4 Å². The van der Waals surface area contributed by atoms with Gasteiger partial charge in [0.25, 0.3) is 11.1 Å². The minimum absolute atomic E-state index is 0.220. The number of hydrogen-bond donors (Lipinski definition) is 1. The van der Waals surface area contributed by atoms with Gasteiger partial charge in [0.1, 0.15) is 5.75 Å². The summed E-state index contributed by atoms with van der Waals surface area (Å²) in [4.78, 5) is 36.1. The number of imide groups is 1. The molecule has 9 heteroatoms. The van der Waals surface area contributed by atoms with Gasteiger partial charge in [0.05, 0.1) is 21.6 Å². The minimum atomic E-state index is -1.06. The number of rotatable bonds is 7. The lowest BCUT2D eigenvalue weighted by molar-refractivity contribution is -0.139. The minimum Gasteiger partial charge on any atom is -0.481 e. The van der Waals surface area contributed by atoms with E-state index in [2.05, 4.69) is 0 Å². The first-order valence-electron chi connectivity index (χ1n) is 6.81. The van der Waals surface area contributed by atoms with Gasteiger partial charge in [0, 0.05) is 7.11 Å². The van der Waals surface area contributed by atoms with Crippen LogP contribution in [0.4, 0.5) is 4.79 Å². The van der Waals surface area contributed by atoms with Crippen molar-refractivity contribution in [3.05, 3.63) is 32.2 Å². The summed E-state index contributed by atoms with van der Waals surface area (Å²) in [5, 5.41) is 8.31. The fourth-order valence-corrected chi connectivity index (χ4v) is 3.45. The van der Waals surface area contributed by atoms with E-state index in [1.54, 1.807) is 24.3 Å². The van der Waals surface area contributed by atoms with Crippen molar-refractivity contribution in [3.63, 3.8) is 0 Å². The summed E-state index contributed by atoms with van der Waals surface area (Å²) in [7, 11) is 1.50. The van der Waals surface area contributed by atoms with Crippen LogP contribution in [0.3, 0.4) is 0 Å². The van der Waals surface area contributed by atoms with Crippen LogP contribution in [-0.4, -0.2) is 54.0 Å². The van der Waals surface area contributed by atoms with Crippen LogP contribution in [0.1, 0.15) is 5.56 Å². The molecule has 1 N–H and O–H groups in total. The van der Waals surface area contributed by atoms with E-state index >= 15 is 0 Å². The molecule has 0 aromatic heterocycles. The van der Waals surface area contributed by atoms with Gasteiger partial charge in [-0.25, -0.2) is 4.79 Å². The van der Waals surface area contributed by atoms with Gasteiger partial charge in [-0.2, -0.15) is 0 Å². The van der Waals surface area contributed by atoms with Crippen LogP contribution in [0.5, 0.6) is 5.75 Å². The van der Waals surface area contributed by atoms with Crippen molar-refractivity contribution in [1.29, 1.82) is 0 Å². The fraction of sp³-hybridized carbons (Fsp3) is 0.267. The molecule has 0 atom stereocenters. The van der Waals surface area contributed by atoms with Crippen molar-refractivity contribution in [3.8, 4) is 5.75 Å². The molecule has 0 bridgehead atoms. The van der Waals surface area contributed by atoms with Crippen LogP contribution in [0, 0.1) is 3.57 Å². The lowest BCUT2D eigenvalue weighted by Crippen LogP contribution is -2.31. The van der Waals surface area contributed by atoms with Gasteiger partial charge in [0.15, 0.2) is 6.61 Å². The Hall–Kier alpha value is -1.59. The number of aliphatic carboxylic acids is 1. The molecule has 0 aliphatic carbocycles. The molecule has 1 aliphatic rings. The first-order chi connectivity index (χ1) is 11.4. The molecule has 2 amide bonds. The Labute approximate surface area is 156 Å². The number of ether oxygens (including phenoxy) is 2. The van der Waals surface area contributed by atoms with E-state index in [0.29, 0.717) is 20.8 Å². The van der Waals surface area contributed by atoms with Crippen molar-refractivity contribution in [1.82, 2.24) is 4.90 Å². The van der Waals surface area contributed by atoms with Gasteiger partial charge in [-0.15, -0.1) is 0 Å². The molecule has 128 valence electrons. The molecule has 0 spiro atoms. The number of benzene rings is 1. The lowest BCUT2D eigenvalue weighted by atomic mass is 10.2. The Bertz CT molecular complexity index is 705. The predicted molar refractivity (Wildman–Crippen MR) is 96.8 cm³/mol. The standard InChI is InChI=1S/C15H14INO6S/c1-22-5-4-17-14(20)12(24-15(17)21)7-9-2-3-11(10(16)6-9)23-8-13(18)19/h2-3,6-7H,4-5,8H2,1H3,(H,18,19)/b12-7+. The molecule has 1 saturated heterocycles. The molecular formula is C15H14INO6S. The summed E-state index contributed by atoms with van der Waals surface area (Å²) in [5.74, 6) is -0.953. The van der Waals surface area contributed by atoms with Crippen molar-refractivity contribution in [2.45, 2.75) is 0 Å². The Morgan fingerprint density at radius 1 is 1.42 bits per heavy atom. The van der Waals surface area contributed by atoms with Crippen LogP contribution in [0.2, 0.25) is 0 Å². The molecule has 1 aromatic rings. The molecule has 0 saturated carbocycles. The SMILES string of the molecule is COCCN1C(=O)S/C(=C/c2ccc(OCC(=O)O)c(I)c2)C1=O. The number of carbonyl (C=O) groups is 3. The van der Waals surface area contributed by atoms with Gasteiger partial charge in [-0.3, -0.25) is 14.5 Å². The highest BCUT2D eigenvalue weighted by Crippen LogP contribution is 2.33. The molecule has 24 heavy (non-hydrogen) atoms. The van der Waals surface area contributed by atoms with Crippen molar-refractivity contribution < 1.29 is 29.0 Å². The summed E-state index contributed by atoms with van der Waals surface area (Å²) in [6, 6.07) is 5.08. The third-order valence-corrected chi connectivity index (χ3v) is 4.75. The number of thioether (sulfide) groups is 1. The molecule has 2 rings (SSSR count). The van der Waals surface area contributed by atoms with Crippen molar-refractivity contribution >= 4 is 57.5 Å². The number of methoxy groups -OCH3 is 1. The maximum Gasteiger partial charge on any atom is 0.341 e. The second-order valence-electron chi connectivity index (χ2n) is 4.70. The van der Waals surface area contributed by atoms with Gasteiger partial charge >= 0.3 is 5.97 Å². The maximum atomic E-state index is 12.2. The zero-order valence-electron chi connectivity index (χ0n) is 12.7. The number of amides is 2. The first kappa shape index (κ1) is 18.7. The third-order valence-electron chi connectivity index (χ3n) is 3.00. The van der Waals surface area contributed by atoms with E-state index in [-0.39, 0.29) is 17.7 Å². The summed E-state index contributed by atoms with van der Waals surface area (Å²) in [5.41, 5.74) is 0.722. The van der Waals surface area contributed by atoms with Crippen molar-refractivity contribution in [2.75, 3.05) is 26.9 Å². The highest BCUT2D eigenvalue weighted by atomic mass is 127. The molecule has 1 aromatic carbocycles. The second-order valence-corrected chi connectivity index (χ2v) is 6.85. The van der Waals surface area contributed by atoms with Gasteiger partial charge in [-0.05, 0) is 58.1 Å². The van der Waals surface area contributed by atoms with Crippen LogP contribution in [0.15, 0.2) is 23.1 Å². The smallest absolute Gasteiger partial charge is 0.341 e. The Morgan fingerprint density at radius 2 is 2.17 bits per heavy atom. The first-order valence-corrected chi connectivity index (χ1v) is 8.70. The van der Waals surface area contributed by atoms with Crippen LogP contribution in [0.25, 0.3) is 6.08 Å². The van der Waals surface area contributed by atoms with E-state index < -0.39 is 12.6 Å². The normalized spacial score (nSPS) is 16.1. The summed E-state index contributed by atoms with van der Waals surface area (Å²) in [6.45, 7) is 0.0879. The molecule has 1 heterocycles. The number of hydrogen-bond acceptors (Lipinski definition) is 6. The summed E-state index contributed by atoms with van der Waals surface area (Å²) >= 11 is 2.90. The molecule has 1 fully saturated rings. The van der Waals surface area contributed by atoms with E-state index in [1.807, 2.05) is 22.6 Å². The Balaban J connectivity index is 2.13. The van der Waals surface area contributed by atoms with Crippen LogP contribution < -0.4 is 4.74 Å². The molecular weight excluding hydrogens is 449 g/mol. The molecule has 0 unspecified atom stereocenters. The van der Waals surface area contributed by atoms with Crippen LogP contribution in [-0.2, 0) is 14.3 Å². The fourth-order valence-electron chi connectivity index (χ4n) is 1.89. The second kappa shape index (κ2) is 8.49. The topological polar surface area (TPSA) is 93.1 Å². The van der Waals surface area contributed by atoms with Crippen LogP contribution >= 0.6 is 34.4 Å². The predicted octanol–water partition coefficient (Wildman–Crippen LogP) is 2.44. The summed E-state index contributed by atoms with van der Waals surface area (Å²) in [6.07, 6.45) is 1.63. The quantitative estimate of drug-likeness (QED) is 0.491. The Kier molecular flexibility index (Phi) is 6.63. The highest BCUT2D eigenvalue weighted by Gasteiger charge is 2.34. The number of carbonyl (C=O) groups excluding carboxylic acids is 2. The zero-order chi connectivity index (χ0) is 17.7. The van der Waals surface area contributed by atoms with E-state index in [0.717, 1.165) is 22.2 Å². The summed E-state index contributed by atoms with van der Waals surface area (Å²) < 4.78 is 10.7. The van der Waals surface area contributed by atoms with Crippen molar-refractivity contribution in [2.24, 2.45) is 0 Å². The maximum absolute atomic E-state index is 12.2. The van der Waals surface area contributed by atoms with E-state index in [4.69, 9.17) is 14.6 Å². The van der Waals surface area contributed by atoms with Gasteiger partial charge < -0.3 is 14.6 Å². The monoisotopic (exact) mass is 463 g/mol.